The molecule has 0 fully saturated rings. The number of nitrogens with zero attached hydrogens (tertiary/aromatic N) is 1. The van der Waals surface area contributed by atoms with Crippen molar-refractivity contribution in [2.45, 2.75) is 27.2 Å². The summed E-state index contributed by atoms with van der Waals surface area (Å²) in [5.74, 6) is -1.26. The zero-order valence-electron chi connectivity index (χ0n) is 12.8. The molecule has 118 valence electrons. The Labute approximate surface area is 125 Å². The number of anilines is 2. The fourth-order valence-electron chi connectivity index (χ4n) is 1.72. The lowest BCUT2D eigenvalue weighted by molar-refractivity contribution is 0.0698. The van der Waals surface area contributed by atoms with Gasteiger partial charge in [0.25, 0.3) is 0 Å². The van der Waals surface area contributed by atoms with Gasteiger partial charge in [-0.1, -0.05) is 20.8 Å². The number of nitrogens with two attached hydrogens (primary N) is 1. The number of sulfonamides is 1. The van der Waals surface area contributed by atoms with E-state index in [9.17, 15) is 18.3 Å². The number of hydrogen-bond acceptors (Lipinski definition) is 4. The van der Waals surface area contributed by atoms with Crippen LogP contribution in [-0.2, 0) is 10.0 Å². The van der Waals surface area contributed by atoms with Crippen molar-refractivity contribution >= 4 is 27.4 Å². The third kappa shape index (κ3) is 4.63. The summed E-state index contributed by atoms with van der Waals surface area (Å²) in [4.78, 5) is 11.2. The van der Waals surface area contributed by atoms with Crippen LogP contribution in [0.5, 0.6) is 0 Å². The highest BCUT2D eigenvalue weighted by molar-refractivity contribution is 7.92. The van der Waals surface area contributed by atoms with Gasteiger partial charge in [0, 0.05) is 12.7 Å². The molecule has 0 radical (unpaired) electrons. The molecular weight excluding hydrogens is 292 g/mol. The molecule has 0 atom stereocenters. The second-order valence-electron chi connectivity index (χ2n) is 6.18. The molecule has 0 aliphatic rings. The zero-order chi connectivity index (χ0) is 16.4. The number of rotatable bonds is 5. The first-order valence-corrected chi connectivity index (χ1v) is 8.14. The number of carboxylic acid groups (broad SMARTS) is 1. The molecular formula is C14H22N2O4S. The van der Waals surface area contributed by atoms with Crippen LogP contribution in [0.2, 0.25) is 0 Å². The number of nitrogen functional groups attached to an aromatic ring is 1. The van der Waals surface area contributed by atoms with Crippen LogP contribution in [0, 0.1) is 5.41 Å². The van der Waals surface area contributed by atoms with Gasteiger partial charge in [-0.3, -0.25) is 4.31 Å². The third-order valence-corrected chi connectivity index (χ3v) is 4.87. The van der Waals surface area contributed by atoms with Gasteiger partial charge in [-0.05, 0) is 30.0 Å². The van der Waals surface area contributed by atoms with Crippen molar-refractivity contribution in [3.05, 3.63) is 23.8 Å². The van der Waals surface area contributed by atoms with Crippen LogP contribution in [0.15, 0.2) is 18.2 Å². The van der Waals surface area contributed by atoms with E-state index in [-0.39, 0.29) is 28.1 Å². The summed E-state index contributed by atoms with van der Waals surface area (Å²) in [6, 6.07) is 4.15. The van der Waals surface area contributed by atoms with Crippen LogP contribution >= 0.6 is 0 Å². The Balaban J connectivity index is 3.13. The van der Waals surface area contributed by atoms with Crippen molar-refractivity contribution in [3.63, 3.8) is 0 Å². The van der Waals surface area contributed by atoms with Crippen molar-refractivity contribution in [1.82, 2.24) is 0 Å². The average molecular weight is 314 g/mol. The Kier molecular flexibility index (Phi) is 4.88. The number of benzene rings is 1. The predicted molar refractivity (Wildman–Crippen MR) is 84.1 cm³/mol. The lowest BCUT2D eigenvalue weighted by Crippen LogP contribution is -2.31. The largest absolute Gasteiger partial charge is 0.478 e. The van der Waals surface area contributed by atoms with Gasteiger partial charge in [-0.25, -0.2) is 13.2 Å². The fraction of sp³-hybridized carbons (Fsp3) is 0.500. The monoisotopic (exact) mass is 314 g/mol. The minimum absolute atomic E-state index is 0.0452. The second-order valence-corrected chi connectivity index (χ2v) is 8.30. The third-order valence-electron chi connectivity index (χ3n) is 3.12. The molecule has 0 amide bonds. The van der Waals surface area contributed by atoms with Crippen molar-refractivity contribution < 1.29 is 18.3 Å². The molecule has 0 aromatic heterocycles. The normalized spacial score (nSPS) is 12.2. The summed E-state index contributed by atoms with van der Waals surface area (Å²) in [5, 5.41) is 9.19. The highest BCUT2D eigenvalue weighted by Gasteiger charge is 2.25. The highest BCUT2D eigenvalue weighted by Crippen LogP contribution is 2.26. The van der Waals surface area contributed by atoms with E-state index in [2.05, 4.69) is 0 Å². The van der Waals surface area contributed by atoms with E-state index in [0.29, 0.717) is 6.42 Å². The van der Waals surface area contributed by atoms with Gasteiger partial charge in [0.1, 0.15) is 0 Å². The number of carbonyl (C=O) groups is 1. The van der Waals surface area contributed by atoms with Gasteiger partial charge in [0.15, 0.2) is 0 Å². The van der Waals surface area contributed by atoms with E-state index >= 15 is 0 Å². The number of aromatic carboxylic acids is 1. The smallest absolute Gasteiger partial charge is 0.337 e. The molecule has 7 heteroatoms. The van der Waals surface area contributed by atoms with Gasteiger partial charge in [0.05, 0.1) is 17.0 Å². The molecule has 21 heavy (non-hydrogen) atoms. The molecule has 0 bridgehead atoms. The van der Waals surface area contributed by atoms with E-state index < -0.39 is 16.0 Å². The molecule has 0 spiro atoms. The molecule has 6 nitrogen and oxygen atoms in total. The molecule has 1 aromatic carbocycles. The van der Waals surface area contributed by atoms with Crippen LogP contribution < -0.4 is 10.0 Å². The molecule has 1 aromatic rings. The molecule has 0 unspecified atom stereocenters. The maximum atomic E-state index is 12.3. The van der Waals surface area contributed by atoms with Crippen molar-refractivity contribution in [3.8, 4) is 0 Å². The van der Waals surface area contributed by atoms with E-state index in [1.807, 2.05) is 20.8 Å². The Morgan fingerprint density at radius 1 is 1.33 bits per heavy atom. The minimum Gasteiger partial charge on any atom is -0.478 e. The average Bonchev–Trinajstić information content (AvgIpc) is 2.34. The Morgan fingerprint density at radius 2 is 1.90 bits per heavy atom. The maximum Gasteiger partial charge on any atom is 0.337 e. The SMILES string of the molecule is CN(c1ccc(N)cc1C(=O)O)S(=O)(=O)CCC(C)(C)C. The highest BCUT2D eigenvalue weighted by atomic mass is 32.2. The molecule has 0 aliphatic heterocycles. The first kappa shape index (κ1) is 17.3. The van der Waals surface area contributed by atoms with Gasteiger partial charge >= 0.3 is 5.97 Å². The summed E-state index contributed by atoms with van der Waals surface area (Å²) < 4.78 is 25.7. The number of carboxylic acids is 1. The summed E-state index contributed by atoms with van der Waals surface area (Å²) in [5.41, 5.74) is 5.70. The molecule has 0 saturated heterocycles. The Morgan fingerprint density at radius 3 is 2.38 bits per heavy atom. The maximum absolute atomic E-state index is 12.3. The summed E-state index contributed by atoms with van der Waals surface area (Å²) in [7, 11) is -2.23. The van der Waals surface area contributed by atoms with Crippen molar-refractivity contribution in [2.24, 2.45) is 5.41 Å². The van der Waals surface area contributed by atoms with Crippen LogP contribution in [0.25, 0.3) is 0 Å². The first-order chi connectivity index (χ1) is 9.44. The van der Waals surface area contributed by atoms with Gasteiger partial charge < -0.3 is 10.8 Å². The first-order valence-electron chi connectivity index (χ1n) is 6.53. The van der Waals surface area contributed by atoms with Crippen LogP contribution in [0.3, 0.4) is 0 Å². The zero-order valence-corrected chi connectivity index (χ0v) is 13.6. The summed E-state index contributed by atoms with van der Waals surface area (Å²) >= 11 is 0. The van der Waals surface area contributed by atoms with Gasteiger partial charge in [-0.15, -0.1) is 0 Å². The van der Waals surface area contributed by atoms with Crippen molar-refractivity contribution in [1.29, 1.82) is 0 Å². The van der Waals surface area contributed by atoms with E-state index in [0.717, 1.165) is 4.31 Å². The molecule has 0 saturated carbocycles. The molecule has 1 rings (SSSR count). The lowest BCUT2D eigenvalue weighted by atomic mass is 9.94. The van der Waals surface area contributed by atoms with E-state index in [1.165, 1.54) is 25.2 Å². The number of hydrogen-bond donors (Lipinski definition) is 2. The minimum atomic E-state index is -3.59. The quantitative estimate of drug-likeness (QED) is 0.811. The molecule has 0 heterocycles. The van der Waals surface area contributed by atoms with Gasteiger partial charge in [-0.2, -0.15) is 0 Å². The van der Waals surface area contributed by atoms with Crippen LogP contribution in [0.4, 0.5) is 11.4 Å². The van der Waals surface area contributed by atoms with Gasteiger partial charge in [0.2, 0.25) is 10.0 Å². The predicted octanol–water partition coefficient (Wildman–Crippen LogP) is 2.17. The molecule has 3 N–H and O–H groups in total. The Hall–Kier alpha value is -1.76. The second kappa shape index (κ2) is 5.93. The van der Waals surface area contributed by atoms with E-state index in [4.69, 9.17) is 5.73 Å². The molecule has 0 aliphatic carbocycles. The Bertz CT molecular complexity index is 633. The lowest BCUT2D eigenvalue weighted by Gasteiger charge is -2.24. The van der Waals surface area contributed by atoms with Crippen LogP contribution in [0.1, 0.15) is 37.6 Å². The summed E-state index contributed by atoms with van der Waals surface area (Å²) in [6.07, 6.45) is 0.483. The topological polar surface area (TPSA) is 101 Å². The fourth-order valence-corrected chi connectivity index (χ4v) is 3.32. The van der Waals surface area contributed by atoms with Crippen LogP contribution in [-0.4, -0.2) is 32.3 Å². The van der Waals surface area contributed by atoms with E-state index in [1.54, 1.807) is 0 Å². The van der Waals surface area contributed by atoms with Crippen molar-refractivity contribution in [2.75, 3.05) is 22.8 Å². The standard InChI is InChI=1S/C14H22N2O4S/c1-14(2,3)7-8-21(19,20)16(4)12-6-5-10(15)9-11(12)13(17)18/h5-6,9H,7-8,15H2,1-4H3,(H,17,18). The summed E-state index contributed by atoms with van der Waals surface area (Å²) in [6.45, 7) is 5.86.